The second-order valence-electron chi connectivity index (χ2n) is 13.0. The SMILES string of the molecule is CC.COc1nc2c(c(N3CCCn4nc(C(=O)N(C)C)c(Cl)c4C3)n1)COC(c1cc(N)cc(F)c1C(F)(F)F)C2.F/C=C1/CC2CCCN2C1. The number of fused-ring (bicyclic) bond motifs is 3. The van der Waals surface area contributed by atoms with Crippen molar-refractivity contribution < 1.29 is 36.2 Å². The first-order chi connectivity index (χ1) is 24.8. The van der Waals surface area contributed by atoms with E-state index in [0.29, 0.717) is 54.4 Å². The fourth-order valence-corrected chi connectivity index (χ4v) is 7.31. The molecule has 2 atom stereocenters. The fourth-order valence-electron chi connectivity index (χ4n) is 7.04. The normalized spacial score (nSPS) is 20.5. The molecule has 3 aromatic rings. The molecule has 2 aromatic heterocycles. The number of nitrogens with two attached hydrogens (primary N) is 1. The summed E-state index contributed by atoms with van der Waals surface area (Å²) in [6.45, 7) is 7.23. The van der Waals surface area contributed by atoms with Crippen molar-refractivity contribution in [2.24, 2.45) is 0 Å². The van der Waals surface area contributed by atoms with Crippen LogP contribution in [0, 0.1) is 5.82 Å². The average Bonchev–Trinajstić information content (AvgIpc) is 3.76. The van der Waals surface area contributed by atoms with Gasteiger partial charge >= 0.3 is 12.2 Å². The number of aryl methyl sites for hydroxylation is 1. The zero-order valence-electron chi connectivity index (χ0n) is 29.9. The zero-order valence-corrected chi connectivity index (χ0v) is 30.6. The minimum Gasteiger partial charge on any atom is -0.467 e. The van der Waals surface area contributed by atoms with Crippen molar-refractivity contribution in [1.82, 2.24) is 29.5 Å². The topological polar surface area (TPSA) is 115 Å². The molecule has 1 amide bonds. The van der Waals surface area contributed by atoms with Crippen molar-refractivity contribution in [2.45, 2.75) is 84.0 Å². The maximum absolute atomic E-state index is 14.4. The number of nitrogens with zero attached hydrogens (tertiary/aromatic N) is 7. The Kier molecular flexibility index (Phi) is 12.3. The summed E-state index contributed by atoms with van der Waals surface area (Å²) in [4.78, 5) is 27.2. The summed E-state index contributed by atoms with van der Waals surface area (Å²) in [5.74, 6) is -1.34. The molecule has 2 fully saturated rings. The quantitative estimate of drug-likeness (QED) is 0.229. The van der Waals surface area contributed by atoms with Crippen LogP contribution in [-0.4, -0.2) is 82.3 Å². The summed E-state index contributed by atoms with van der Waals surface area (Å²) in [5, 5.41) is 4.65. The van der Waals surface area contributed by atoms with Gasteiger partial charge in [-0.3, -0.25) is 14.4 Å². The van der Waals surface area contributed by atoms with E-state index >= 15 is 0 Å². The second-order valence-corrected chi connectivity index (χ2v) is 13.4. The maximum atomic E-state index is 14.4. The Labute approximate surface area is 304 Å². The predicted molar refractivity (Wildman–Crippen MR) is 186 cm³/mol. The Morgan fingerprint density at radius 3 is 2.52 bits per heavy atom. The molecule has 0 saturated carbocycles. The van der Waals surface area contributed by atoms with E-state index < -0.39 is 29.2 Å². The third kappa shape index (κ3) is 8.13. The van der Waals surface area contributed by atoms with Crippen LogP contribution in [0.1, 0.15) is 84.2 Å². The van der Waals surface area contributed by atoms with Gasteiger partial charge in [-0.2, -0.15) is 28.2 Å². The number of hydrogen-bond acceptors (Lipinski definition) is 9. The highest BCUT2D eigenvalue weighted by atomic mass is 35.5. The van der Waals surface area contributed by atoms with Gasteiger partial charge in [-0.25, -0.2) is 8.78 Å². The van der Waals surface area contributed by atoms with Crippen LogP contribution in [0.5, 0.6) is 6.01 Å². The van der Waals surface area contributed by atoms with E-state index in [4.69, 9.17) is 26.8 Å². The van der Waals surface area contributed by atoms with Gasteiger partial charge in [0.05, 0.1) is 54.7 Å². The molecule has 0 bridgehead atoms. The number of aromatic nitrogens is 4. The maximum Gasteiger partial charge on any atom is 0.419 e. The van der Waals surface area contributed by atoms with Gasteiger partial charge in [0.2, 0.25) is 0 Å². The van der Waals surface area contributed by atoms with Crippen molar-refractivity contribution in [1.29, 1.82) is 0 Å². The van der Waals surface area contributed by atoms with Gasteiger partial charge in [-0.05, 0) is 55.5 Å². The molecule has 17 heteroatoms. The number of nitrogen functional groups attached to an aromatic ring is 1. The highest BCUT2D eigenvalue weighted by molar-refractivity contribution is 6.34. The van der Waals surface area contributed by atoms with Gasteiger partial charge in [0, 0.05) is 57.4 Å². The second kappa shape index (κ2) is 16.3. The molecule has 0 radical (unpaired) electrons. The number of anilines is 2. The number of amides is 1. The first-order valence-corrected chi connectivity index (χ1v) is 17.6. The number of rotatable bonds is 4. The van der Waals surface area contributed by atoms with Gasteiger partial charge in [-0.1, -0.05) is 25.4 Å². The van der Waals surface area contributed by atoms with E-state index in [1.807, 2.05) is 18.7 Å². The lowest BCUT2D eigenvalue weighted by Gasteiger charge is -2.31. The van der Waals surface area contributed by atoms with Gasteiger partial charge in [0.25, 0.3) is 5.91 Å². The lowest BCUT2D eigenvalue weighted by atomic mass is 9.94. The van der Waals surface area contributed by atoms with Crippen LogP contribution in [0.4, 0.5) is 33.5 Å². The van der Waals surface area contributed by atoms with E-state index in [1.54, 1.807) is 18.8 Å². The molecule has 2 unspecified atom stereocenters. The number of ether oxygens (including phenoxy) is 2. The molecule has 2 saturated heterocycles. The Bertz CT molecular complexity index is 1790. The van der Waals surface area contributed by atoms with E-state index in [9.17, 15) is 26.7 Å². The minimum atomic E-state index is -4.95. The molecule has 2 N–H and O–H groups in total. The molecule has 6 heterocycles. The van der Waals surface area contributed by atoms with Crippen LogP contribution in [0.25, 0.3) is 0 Å². The van der Waals surface area contributed by atoms with Gasteiger partial charge in [0.1, 0.15) is 11.6 Å². The molecule has 0 spiro atoms. The molecule has 0 aliphatic carbocycles. The van der Waals surface area contributed by atoms with Crippen molar-refractivity contribution >= 4 is 29.0 Å². The molecular weight excluding hydrogens is 711 g/mol. The van der Waals surface area contributed by atoms with Crippen molar-refractivity contribution in [3.8, 4) is 6.01 Å². The smallest absolute Gasteiger partial charge is 0.419 e. The lowest BCUT2D eigenvalue weighted by Crippen LogP contribution is -2.29. The van der Waals surface area contributed by atoms with E-state index in [2.05, 4.69) is 20.0 Å². The van der Waals surface area contributed by atoms with Crippen LogP contribution in [0.3, 0.4) is 0 Å². The first-order valence-electron chi connectivity index (χ1n) is 17.2. The van der Waals surface area contributed by atoms with Crippen LogP contribution in [0.2, 0.25) is 5.02 Å². The summed E-state index contributed by atoms with van der Waals surface area (Å²) >= 11 is 6.60. The first kappa shape index (κ1) is 39.2. The highest BCUT2D eigenvalue weighted by Gasteiger charge is 2.41. The van der Waals surface area contributed by atoms with E-state index in [0.717, 1.165) is 30.9 Å². The monoisotopic (exact) mass is 754 g/mol. The lowest BCUT2D eigenvalue weighted by molar-refractivity contribution is -0.142. The number of hydrogen-bond donors (Lipinski definition) is 1. The van der Waals surface area contributed by atoms with Crippen LogP contribution in [0.15, 0.2) is 24.0 Å². The van der Waals surface area contributed by atoms with Crippen molar-refractivity contribution in [3.63, 3.8) is 0 Å². The zero-order chi connectivity index (χ0) is 37.9. The summed E-state index contributed by atoms with van der Waals surface area (Å²) in [5.41, 5.74) is 6.43. The summed E-state index contributed by atoms with van der Waals surface area (Å²) < 4.78 is 80.6. The number of benzene rings is 1. The third-order valence-electron chi connectivity index (χ3n) is 9.41. The van der Waals surface area contributed by atoms with Crippen molar-refractivity contribution in [2.75, 3.05) is 51.5 Å². The van der Waals surface area contributed by atoms with Crippen LogP contribution < -0.4 is 15.4 Å². The average molecular weight is 755 g/mol. The number of carbonyl (C=O) groups excluding carboxylic acids is 1. The Morgan fingerprint density at radius 1 is 1.12 bits per heavy atom. The van der Waals surface area contributed by atoms with Gasteiger partial charge < -0.3 is 25.0 Å². The van der Waals surface area contributed by atoms with E-state index in [1.165, 1.54) is 31.4 Å². The molecule has 284 valence electrons. The molecular formula is C35H44ClF5N8O3. The summed E-state index contributed by atoms with van der Waals surface area (Å²) in [6, 6.07) is 2.41. The van der Waals surface area contributed by atoms with E-state index in [-0.39, 0.29) is 47.9 Å². The summed E-state index contributed by atoms with van der Waals surface area (Å²) in [6.07, 6.45) is -1.21. The molecule has 4 aliphatic heterocycles. The number of alkyl halides is 3. The number of halogens is 6. The van der Waals surface area contributed by atoms with Crippen LogP contribution >= 0.6 is 11.6 Å². The fraction of sp³-hybridized carbons (Fsp3) is 0.543. The van der Waals surface area contributed by atoms with Crippen LogP contribution in [-0.2, 0) is 37.0 Å². The molecule has 4 aliphatic rings. The third-order valence-corrected chi connectivity index (χ3v) is 9.81. The molecule has 7 rings (SSSR count). The molecule has 52 heavy (non-hydrogen) atoms. The standard InChI is InChI=1S/C25H26ClF4N7O3.C8H12FN.C2H6/c1-35(2)23(38)21-20(26)17-10-36(5-4-6-37(17)34-21)22-14-11-40-18(9-16(14)32-24(33-22)39-3)13-7-12(31)8-15(27)19(13)25(28,29)30;9-5-7-4-8-2-1-3-10(8)6-7;1-2/h7-8,18H,4-6,9-11,31H2,1-3H3;5,8H,1-4,6H2;1-2H3/b;7-5-;. The van der Waals surface area contributed by atoms with Crippen molar-refractivity contribution in [3.05, 3.63) is 68.6 Å². The predicted octanol–water partition coefficient (Wildman–Crippen LogP) is 6.74. The summed E-state index contributed by atoms with van der Waals surface area (Å²) in [7, 11) is 4.60. The molecule has 1 aromatic carbocycles. The van der Waals surface area contributed by atoms with Gasteiger partial charge in [-0.15, -0.1) is 0 Å². The minimum absolute atomic E-state index is 0.0107. The van der Waals surface area contributed by atoms with Gasteiger partial charge in [0.15, 0.2) is 5.69 Å². The Balaban J connectivity index is 0.000000369. The largest absolute Gasteiger partial charge is 0.467 e. The Morgan fingerprint density at radius 2 is 1.87 bits per heavy atom. The highest BCUT2D eigenvalue weighted by Crippen LogP contribution is 2.43. The molecule has 11 nitrogen and oxygen atoms in total. The number of carbonyl (C=O) groups is 1. The Hall–Kier alpha value is -4.02. The number of methoxy groups -OCH3 is 1.